The zero-order valence-electron chi connectivity index (χ0n) is 13.4. The molecule has 2 aromatic carbocycles. The lowest BCUT2D eigenvalue weighted by molar-refractivity contribution is 0.414. The molecular formula is C18H15FN4OS. The van der Waals surface area contributed by atoms with Gasteiger partial charge in [0.25, 0.3) is 0 Å². The van der Waals surface area contributed by atoms with Gasteiger partial charge in [0, 0.05) is 12.1 Å². The zero-order valence-corrected chi connectivity index (χ0v) is 14.3. The quantitative estimate of drug-likeness (QED) is 0.583. The predicted molar refractivity (Wildman–Crippen MR) is 96.6 cm³/mol. The van der Waals surface area contributed by atoms with Crippen LogP contribution in [0.25, 0.3) is 16.2 Å². The van der Waals surface area contributed by atoms with Crippen LogP contribution in [0.5, 0.6) is 5.75 Å². The predicted octanol–water partition coefficient (Wildman–Crippen LogP) is 4.22. The van der Waals surface area contributed by atoms with Gasteiger partial charge in [-0.25, -0.2) is 13.9 Å². The molecule has 0 amide bonds. The minimum absolute atomic E-state index is 0.274. The number of ether oxygens (including phenoxy) is 1. The van der Waals surface area contributed by atoms with Crippen molar-refractivity contribution >= 4 is 21.4 Å². The summed E-state index contributed by atoms with van der Waals surface area (Å²) in [6, 6.07) is 14.3. The highest BCUT2D eigenvalue weighted by molar-refractivity contribution is 7.20. The molecule has 1 N–H and O–H groups in total. The van der Waals surface area contributed by atoms with Gasteiger partial charge in [0.15, 0.2) is 0 Å². The van der Waals surface area contributed by atoms with Crippen LogP contribution < -0.4 is 10.1 Å². The van der Waals surface area contributed by atoms with Crippen LogP contribution in [0.2, 0.25) is 0 Å². The van der Waals surface area contributed by atoms with Crippen LogP contribution in [0.15, 0.2) is 54.7 Å². The number of nitrogens with one attached hydrogen (secondary N) is 1. The van der Waals surface area contributed by atoms with E-state index in [0.29, 0.717) is 12.2 Å². The zero-order chi connectivity index (χ0) is 17.2. The molecule has 0 saturated heterocycles. The monoisotopic (exact) mass is 354 g/mol. The summed E-state index contributed by atoms with van der Waals surface area (Å²) in [6.45, 7) is 0.664. The van der Waals surface area contributed by atoms with Gasteiger partial charge in [-0.1, -0.05) is 35.6 Å². The average Bonchev–Trinajstić information content (AvgIpc) is 3.19. The van der Waals surface area contributed by atoms with Gasteiger partial charge in [0.1, 0.15) is 11.6 Å². The summed E-state index contributed by atoms with van der Waals surface area (Å²) in [6.07, 6.45) is 1.80. The molecule has 0 atom stereocenters. The second-order valence-electron chi connectivity index (χ2n) is 5.47. The molecule has 25 heavy (non-hydrogen) atoms. The van der Waals surface area contributed by atoms with Crippen molar-refractivity contribution in [1.82, 2.24) is 14.6 Å². The number of fused-ring (bicyclic) bond motifs is 1. The number of hydrogen-bond acceptors (Lipinski definition) is 5. The Hall–Kier alpha value is -2.93. The molecule has 0 fully saturated rings. The lowest BCUT2D eigenvalue weighted by Gasteiger charge is -2.04. The first-order valence-electron chi connectivity index (χ1n) is 7.70. The number of aromatic nitrogens is 3. The summed E-state index contributed by atoms with van der Waals surface area (Å²) >= 11 is 1.46. The molecule has 0 aliphatic rings. The summed E-state index contributed by atoms with van der Waals surface area (Å²) in [5, 5.41) is 8.54. The fourth-order valence-corrected chi connectivity index (χ4v) is 3.26. The third-order valence-corrected chi connectivity index (χ3v) is 4.65. The van der Waals surface area contributed by atoms with Crippen LogP contribution >= 0.6 is 11.3 Å². The van der Waals surface area contributed by atoms with Crippen LogP contribution in [0.3, 0.4) is 0 Å². The molecule has 0 aliphatic carbocycles. The van der Waals surface area contributed by atoms with E-state index in [-0.39, 0.29) is 5.82 Å². The third-order valence-electron chi connectivity index (χ3n) is 3.77. The minimum atomic E-state index is -0.274. The van der Waals surface area contributed by atoms with Crippen LogP contribution in [-0.4, -0.2) is 21.7 Å². The molecule has 0 unspecified atom stereocenters. The Morgan fingerprint density at radius 2 is 2.04 bits per heavy atom. The van der Waals surface area contributed by atoms with Crippen molar-refractivity contribution in [3.8, 4) is 17.0 Å². The molecule has 2 aromatic heterocycles. The Morgan fingerprint density at radius 1 is 1.20 bits per heavy atom. The molecule has 5 nitrogen and oxygen atoms in total. The SMILES string of the molecule is COc1ccc(CNc2nn3cc(-c4cccc(F)c4)nc3s2)cc1. The van der Waals surface area contributed by atoms with E-state index in [2.05, 4.69) is 15.4 Å². The first kappa shape index (κ1) is 15.6. The van der Waals surface area contributed by atoms with Crippen LogP contribution in [-0.2, 0) is 6.54 Å². The molecule has 0 radical (unpaired) electrons. The standard InChI is InChI=1S/C18H15FN4OS/c1-24-15-7-5-12(6-8-15)10-20-17-22-23-11-16(21-18(23)25-17)13-3-2-4-14(19)9-13/h2-9,11H,10H2,1H3,(H,20,22). The molecular weight excluding hydrogens is 339 g/mol. The number of anilines is 1. The van der Waals surface area contributed by atoms with Crippen LogP contribution in [0.1, 0.15) is 5.56 Å². The van der Waals surface area contributed by atoms with Gasteiger partial charge in [-0.2, -0.15) is 0 Å². The van der Waals surface area contributed by atoms with E-state index in [1.807, 2.05) is 30.3 Å². The average molecular weight is 354 g/mol. The van der Waals surface area contributed by atoms with Gasteiger partial charge in [-0.3, -0.25) is 0 Å². The van der Waals surface area contributed by atoms with E-state index in [4.69, 9.17) is 4.74 Å². The number of imidazole rings is 1. The maximum atomic E-state index is 13.3. The summed E-state index contributed by atoms with van der Waals surface area (Å²) in [4.78, 5) is 5.28. The first-order chi connectivity index (χ1) is 12.2. The van der Waals surface area contributed by atoms with Crippen molar-refractivity contribution in [3.05, 3.63) is 66.1 Å². The molecule has 7 heteroatoms. The number of methoxy groups -OCH3 is 1. The summed E-state index contributed by atoms with van der Waals surface area (Å²) < 4.78 is 20.2. The van der Waals surface area contributed by atoms with Gasteiger partial charge >= 0.3 is 0 Å². The van der Waals surface area contributed by atoms with Crippen molar-refractivity contribution < 1.29 is 9.13 Å². The van der Waals surface area contributed by atoms with Gasteiger partial charge in [0.2, 0.25) is 10.1 Å². The number of nitrogens with zero attached hydrogens (tertiary/aromatic N) is 3. The second-order valence-corrected chi connectivity index (χ2v) is 6.43. The van der Waals surface area contributed by atoms with Crippen molar-refractivity contribution in [2.75, 3.05) is 12.4 Å². The molecule has 0 saturated carbocycles. The van der Waals surface area contributed by atoms with Gasteiger partial charge in [0.05, 0.1) is 19.0 Å². The largest absolute Gasteiger partial charge is 0.497 e. The first-order valence-corrected chi connectivity index (χ1v) is 8.52. The van der Waals surface area contributed by atoms with Crippen molar-refractivity contribution in [1.29, 1.82) is 0 Å². The van der Waals surface area contributed by atoms with Crippen LogP contribution in [0, 0.1) is 5.82 Å². The lowest BCUT2D eigenvalue weighted by Crippen LogP contribution is -1.99. The van der Waals surface area contributed by atoms with Crippen molar-refractivity contribution in [2.45, 2.75) is 6.54 Å². The number of rotatable bonds is 5. The fourth-order valence-electron chi connectivity index (χ4n) is 2.48. The van der Waals surface area contributed by atoms with Gasteiger partial charge < -0.3 is 10.1 Å². The second kappa shape index (κ2) is 6.52. The highest BCUT2D eigenvalue weighted by atomic mass is 32.1. The van der Waals surface area contributed by atoms with E-state index < -0.39 is 0 Å². The molecule has 126 valence electrons. The minimum Gasteiger partial charge on any atom is -0.497 e. The van der Waals surface area contributed by atoms with E-state index in [0.717, 1.165) is 27.0 Å². The Bertz CT molecular complexity index is 978. The molecule has 4 rings (SSSR count). The molecule has 0 aliphatic heterocycles. The van der Waals surface area contributed by atoms with Crippen molar-refractivity contribution in [3.63, 3.8) is 0 Å². The molecule has 4 aromatic rings. The third kappa shape index (κ3) is 3.32. The summed E-state index contributed by atoms with van der Waals surface area (Å²) in [7, 11) is 1.65. The summed E-state index contributed by atoms with van der Waals surface area (Å²) in [5.74, 6) is 0.560. The Labute approximate surface area is 147 Å². The number of hydrogen-bond donors (Lipinski definition) is 1. The van der Waals surface area contributed by atoms with E-state index in [9.17, 15) is 4.39 Å². The fraction of sp³-hybridized carbons (Fsp3) is 0.111. The van der Waals surface area contributed by atoms with Crippen molar-refractivity contribution in [2.24, 2.45) is 0 Å². The molecule has 0 bridgehead atoms. The van der Waals surface area contributed by atoms with E-state index in [1.165, 1.54) is 23.5 Å². The number of halogens is 1. The Morgan fingerprint density at radius 3 is 2.76 bits per heavy atom. The molecule has 0 spiro atoms. The van der Waals surface area contributed by atoms with Gasteiger partial charge in [-0.05, 0) is 29.8 Å². The smallest absolute Gasteiger partial charge is 0.214 e. The summed E-state index contributed by atoms with van der Waals surface area (Å²) in [5.41, 5.74) is 2.58. The van der Waals surface area contributed by atoms with Crippen LogP contribution in [0.4, 0.5) is 9.52 Å². The number of benzene rings is 2. The highest BCUT2D eigenvalue weighted by Crippen LogP contribution is 2.25. The normalized spacial score (nSPS) is 11.0. The maximum Gasteiger partial charge on any atom is 0.214 e. The Kier molecular flexibility index (Phi) is 4.07. The Balaban J connectivity index is 1.49. The lowest BCUT2D eigenvalue weighted by atomic mass is 10.2. The van der Waals surface area contributed by atoms with E-state index >= 15 is 0 Å². The van der Waals surface area contributed by atoms with E-state index in [1.54, 1.807) is 23.9 Å². The van der Waals surface area contributed by atoms with Gasteiger partial charge in [-0.15, -0.1) is 5.10 Å². The topological polar surface area (TPSA) is 51.5 Å². The molecule has 2 heterocycles. The highest BCUT2D eigenvalue weighted by Gasteiger charge is 2.10. The maximum absolute atomic E-state index is 13.3.